The lowest BCUT2D eigenvalue weighted by Crippen LogP contribution is -2.29. The van der Waals surface area contributed by atoms with E-state index in [0.717, 1.165) is 43.8 Å². The molecule has 2 N–H and O–H groups in total. The molecule has 470 valence electrons. The Bertz CT molecular complexity index is 5170. The Morgan fingerprint density at radius 2 is 0.606 bits per heavy atom. The van der Waals surface area contributed by atoms with Crippen LogP contribution in [0.2, 0.25) is 0 Å². The maximum atomic E-state index is 13.1. The van der Waals surface area contributed by atoms with Crippen molar-refractivity contribution in [2.45, 2.75) is 18.4 Å². The molecule has 0 saturated carbocycles. The van der Waals surface area contributed by atoms with Gasteiger partial charge in [0.2, 0.25) is 0 Å². The normalized spacial score (nSPS) is 11.7. The molecular formula is C76H56BF6O8PS2. The molecule has 0 amide bonds. The minimum atomic E-state index is -5.83. The SMILES string of the molecule is C.O=PCS(=O)(=O)C(F)(F)F.O=S(=O)(Oc1ccc(-c2c3ccccc3c(-c3ccccc3)c3ccccc23)c2ccccc12)C(F)(F)F.OB(O)c1ccccc1.c1ccc(-c2ccc(-c3c4ccccc4c(-c4ccccc4)c4ccccc34)c3ccccc23)cc1. The third kappa shape index (κ3) is 13.9. The van der Waals surface area contributed by atoms with Gasteiger partial charge in [-0.25, -0.2) is 8.42 Å². The van der Waals surface area contributed by atoms with E-state index in [2.05, 4.69) is 174 Å². The van der Waals surface area contributed by atoms with E-state index < -0.39 is 52.0 Å². The van der Waals surface area contributed by atoms with Gasteiger partial charge in [0.15, 0.2) is 14.2 Å². The first-order valence-corrected chi connectivity index (χ1v) is 32.9. The molecule has 0 spiro atoms. The van der Waals surface area contributed by atoms with Gasteiger partial charge in [-0.3, -0.25) is 4.57 Å². The average Bonchev–Trinajstić information content (AvgIpc) is 0.735. The lowest BCUT2D eigenvalue weighted by atomic mass is 9.81. The van der Waals surface area contributed by atoms with Crippen molar-refractivity contribution in [1.29, 1.82) is 0 Å². The fourth-order valence-corrected chi connectivity index (χ4v) is 13.2. The van der Waals surface area contributed by atoms with Crippen molar-refractivity contribution in [2.75, 3.05) is 5.49 Å². The van der Waals surface area contributed by atoms with Crippen LogP contribution >= 0.6 is 8.46 Å². The smallest absolute Gasteiger partial charge is 0.423 e. The Labute approximate surface area is 541 Å². The van der Waals surface area contributed by atoms with Crippen LogP contribution < -0.4 is 9.65 Å². The maximum Gasteiger partial charge on any atom is 0.534 e. The number of fused-ring (bicyclic) bond motifs is 6. The molecule has 8 nitrogen and oxygen atoms in total. The second kappa shape index (κ2) is 28.5. The zero-order chi connectivity index (χ0) is 65.5. The fraction of sp³-hybridized carbons (Fsp3) is 0.0526. The van der Waals surface area contributed by atoms with Crippen LogP contribution in [0.4, 0.5) is 26.3 Å². The molecule has 0 aliphatic carbocycles. The first kappa shape index (κ1) is 66.9. The summed E-state index contributed by atoms with van der Waals surface area (Å²) in [6.07, 6.45) is 0. The highest BCUT2D eigenvalue weighted by Crippen LogP contribution is 2.49. The Hall–Kier alpha value is -10.00. The van der Waals surface area contributed by atoms with Crippen LogP contribution in [0.3, 0.4) is 0 Å². The first-order valence-electron chi connectivity index (χ1n) is 28.9. The van der Waals surface area contributed by atoms with Gasteiger partial charge in [0.25, 0.3) is 9.84 Å². The zero-order valence-electron chi connectivity index (χ0n) is 48.9. The molecule has 0 unspecified atom stereocenters. The Balaban J connectivity index is 0.000000160. The number of sulfone groups is 1. The van der Waals surface area contributed by atoms with Crippen LogP contribution in [0.25, 0.3) is 120 Å². The Morgan fingerprint density at radius 3 is 0.926 bits per heavy atom. The summed E-state index contributed by atoms with van der Waals surface area (Å²) in [7, 11) is -13.4. The van der Waals surface area contributed by atoms with Crippen LogP contribution in [-0.2, 0) is 24.5 Å². The monoisotopic (exact) mass is 1320 g/mol. The highest BCUT2D eigenvalue weighted by molar-refractivity contribution is 7.95. The van der Waals surface area contributed by atoms with Crippen LogP contribution in [-0.4, -0.2) is 50.5 Å². The Kier molecular flexibility index (Phi) is 20.3. The van der Waals surface area contributed by atoms with E-state index in [4.69, 9.17) is 10.0 Å². The molecule has 0 bridgehead atoms. The van der Waals surface area contributed by atoms with Crippen molar-refractivity contribution in [3.05, 3.63) is 291 Å². The number of benzene rings is 14. The summed E-state index contributed by atoms with van der Waals surface area (Å²) in [6.45, 7) is 0. The predicted molar refractivity (Wildman–Crippen MR) is 371 cm³/mol. The van der Waals surface area contributed by atoms with E-state index in [1.807, 2.05) is 60.7 Å². The number of rotatable bonds is 10. The van der Waals surface area contributed by atoms with Crippen molar-refractivity contribution in [1.82, 2.24) is 0 Å². The molecule has 0 aliphatic heterocycles. The van der Waals surface area contributed by atoms with E-state index >= 15 is 0 Å². The predicted octanol–water partition coefficient (Wildman–Crippen LogP) is 20.0. The number of halogens is 6. The summed E-state index contributed by atoms with van der Waals surface area (Å²) < 4.78 is 131. The van der Waals surface area contributed by atoms with Crippen molar-refractivity contribution in [2.24, 2.45) is 0 Å². The van der Waals surface area contributed by atoms with Gasteiger partial charge >= 0.3 is 28.3 Å². The summed E-state index contributed by atoms with van der Waals surface area (Å²) >= 11 is 0. The molecule has 14 aromatic rings. The summed E-state index contributed by atoms with van der Waals surface area (Å²) in [4.78, 5) is 0. The van der Waals surface area contributed by atoms with E-state index in [1.165, 1.54) is 71.8 Å². The van der Waals surface area contributed by atoms with Crippen molar-refractivity contribution in [3.8, 4) is 61.4 Å². The molecule has 0 heterocycles. The molecule has 0 atom stereocenters. The van der Waals surface area contributed by atoms with Gasteiger partial charge in [0.05, 0.1) is 0 Å². The third-order valence-electron chi connectivity index (χ3n) is 15.6. The zero-order valence-corrected chi connectivity index (χ0v) is 51.4. The van der Waals surface area contributed by atoms with Gasteiger partial charge in [-0.15, -0.1) is 0 Å². The summed E-state index contributed by atoms with van der Waals surface area (Å²) in [5.74, 6) is -0.379. The standard InChI is InChI=1S/C36H24.C31H19F3O3S.C6H7BO2.C2H2F3O3PS.CH4/c1-3-13-25(14-4-1)27-23-24-34(29-18-8-7-17-28(27)29)36-32-21-11-9-19-30(32)35(26-15-5-2-6-16-26)31-20-10-12-22-33(31)36;32-31(33,34)38(35,36)37-28-19-18-27(21-12-4-5-13-22(21)28)30-25-16-8-6-14-23(25)29(20-10-2-1-3-11-20)24-15-7-9-17-26(24)30;8-7(9)6-4-2-1-3-5-6;3-2(4,5)10(7,8)1-9-6;/h1-24H;1-19H;1-5,8-9H;1H2;1H4. The number of hydrogen-bond acceptors (Lipinski definition) is 8. The summed E-state index contributed by atoms with van der Waals surface area (Å²) in [6, 6.07) is 97.0. The number of alkyl halides is 6. The van der Waals surface area contributed by atoms with Crippen LogP contribution in [0.15, 0.2) is 291 Å². The van der Waals surface area contributed by atoms with Gasteiger partial charge in [-0.2, -0.15) is 34.8 Å². The molecule has 14 rings (SSSR count). The third-order valence-corrected chi connectivity index (χ3v) is 19.0. The van der Waals surface area contributed by atoms with Gasteiger partial charge in [0, 0.05) is 5.39 Å². The lowest BCUT2D eigenvalue weighted by Gasteiger charge is -2.19. The van der Waals surface area contributed by atoms with E-state index in [9.17, 15) is 47.7 Å². The molecule has 0 aromatic heterocycles. The van der Waals surface area contributed by atoms with Gasteiger partial charge in [-0.05, 0) is 132 Å². The largest absolute Gasteiger partial charge is 0.534 e. The van der Waals surface area contributed by atoms with Crippen LogP contribution in [0.5, 0.6) is 5.75 Å². The molecular weight excluding hydrogens is 1260 g/mol. The molecule has 14 aromatic carbocycles. The van der Waals surface area contributed by atoms with E-state index in [0.29, 0.717) is 10.8 Å². The maximum absolute atomic E-state index is 13.1. The van der Waals surface area contributed by atoms with E-state index in [-0.39, 0.29) is 18.6 Å². The molecule has 94 heavy (non-hydrogen) atoms. The highest BCUT2D eigenvalue weighted by atomic mass is 32.2. The van der Waals surface area contributed by atoms with Crippen LogP contribution in [0.1, 0.15) is 7.43 Å². The molecule has 0 saturated heterocycles. The van der Waals surface area contributed by atoms with Crippen LogP contribution in [0, 0.1) is 0 Å². The second-order valence-electron chi connectivity index (χ2n) is 21.2. The van der Waals surface area contributed by atoms with Gasteiger partial charge in [-0.1, -0.05) is 286 Å². The Morgan fingerprint density at radius 1 is 0.330 bits per heavy atom. The average molecular weight is 1320 g/mol. The second-order valence-corrected chi connectivity index (χ2v) is 25.8. The highest BCUT2D eigenvalue weighted by Gasteiger charge is 2.49. The topological polar surface area (TPSA) is 135 Å². The summed E-state index contributed by atoms with van der Waals surface area (Å²) in [5.41, 5.74) is -0.255. The first-order chi connectivity index (χ1) is 44.8. The van der Waals surface area contributed by atoms with Crippen molar-refractivity contribution >= 4 is 106 Å². The lowest BCUT2D eigenvalue weighted by molar-refractivity contribution is -0.0500. The minimum Gasteiger partial charge on any atom is -0.423 e. The summed E-state index contributed by atoms with van der Waals surface area (Å²) in [5, 5.41) is 29.7. The van der Waals surface area contributed by atoms with Crippen molar-refractivity contribution in [3.63, 3.8) is 0 Å². The van der Waals surface area contributed by atoms with Gasteiger partial charge in [0.1, 0.15) is 5.49 Å². The fourth-order valence-electron chi connectivity index (χ4n) is 11.6. The van der Waals surface area contributed by atoms with Crippen molar-refractivity contribution < 1.29 is 62.0 Å². The van der Waals surface area contributed by atoms with Gasteiger partial charge < -0.3 is 14.2 Å². The molecule has 18 heteroatoms. The molecule has 0 radical (unpaired) electrons. The molecule has 0 aliphatic rings. The van der Waals surface area contributed by atoms with E-state index in [1.54, 1.807) is 54.6 Å². The molecule has 0 fully saturated rings. The quantitative estimate of drug-likeness (QED) is 0.0345. The minimum absolute atomic E-state index is 0. The number of hydrogen-bond donors (Lipinski definition) is 2.